The Morgan fingerprint density at radius 3 is 2.18 bits per heavy atom. The topological polar surface area (TPSA) is 75.7 Å². The normalized spacial score (nSPS) is 6.88. The summed E-state index contributed by atoms with van der Waals surface area (Å²) in [5.41, 5.74) is 6.26. The zero-order chi connectivity index (χ0) is 12.1. The molecule has 0 aliphatic carbocycles. The molecule has 0 saturated carbocycles. The van der Waals surface area contributed by atoms with Crippen LogP contribution in [0.15, 0.2) is 24.3 Å². The van der Waals surface area contributed by atoms with Crippen LogP contribution in [0.2, 0.25) is 0 Å². The van der Waals surface area contributed by atoms with Gasteiger partial charge in [-0.15, -0.1) is 6.42 Å². The molecule has 0 bridgehead atoms. The maximum atomic E-state index is 7.00. The largest absolute Gasteiger partial charge is 2.00 e. The number of aliphatic hydroxyl groups excluding tert-OH is 2. The van der Waals surface area contributed by atoms with Gasteiger partial charge in [-0.3, -0.25) is 0 Å². The number of ether oxygens (including phenoxy) is 1. The minimum absolute atomic E-state index is 0. The maximum absolute atomic E-state index is 7.00. The van der Waals surface area contributed by atoms with Gasteiger partial charge in [0.2, 0.25) is 0 Å². The van der Waals surface area contributed by atoms with Crippen molar-refractivity contribution < 1.29 is 36.7 Å². The van der Waals surface area contributed by atoms with E-state index in [4.69, 9.17) is 20.7 Å². The van der Waals surface area contributed by atoms with Crippen LogP contribution in [0.4, 0.5) is 5.69 Å². The van der Waals surface area contributed by atoms with Gasteiger partial charge in [-0.05, 0) is 12.1 Å². The van der Waals surface area contributed by atoms with E-state index in [2.05, 4.69) is 6.92 Å². The fourth-order valence-corrected chi connectivity index (χ4v) is 0.794. The molecule has 5 heteroatoms. The van der Waals surface area contributed by atoms with Crippen LogP contribution in [0.1, 0.15) is 6.42 Å². The van der Waals surface area contributed by atoms with Crippen LogP contribution in [-0.4, -0.2) is 31.0 Å². The van der Waals surface area contributed by atoms with Crippen LogP contribution >= 0.6 is 0 Å². The van der Waals surface area contributed by atoms with Crippen molar-refractivity contribution in [3.05, 3.63) is 38.6 Å². The predicted molar refractivity (Wildman–Crippen MR) is 69.0 cm³/mol. The Morgan fingerprint density at radius 1 is 1.24 bits per heavy atom. The second-order valence-electron chi connectivity index (χ2n) is 2.27. The first kappa shape index (κ1) is 25.3. The van der Waals surface area contributed by atoms with Crippen molar-refractivity contribution in [2.45, 2.75) is 6.42 Å². The number of nitrogen functional groups attached to an aromatic ring is 1. The van der Waals surface area contributed by atoms with Gasteiger partial charge in [-0.25, -0.2) is 0 Å². The SMILES string of the molecule is CO.CO.[CH2-]CCOc1cccc(N)c1.[CH3-].[Ti+2]. The number of benzene rings is 1. The van der Waals surface area contributed by atoms with E-state index >= 15 is 0 Å². The van der Waals surface area contributed by atoms with Crippen molar-refractivity contribution in [1.82, 2.24) is 0 Å². The van der Waals surface area contributed by atoms with Gasteiger partial charge >= 0.3 is 21.7 Å². The molecule has 98 valence electrons. The van der Waals surface area contributed by atoms with Gasteiger partial charge in [0, 0.05) is 26.0 Å². The zero-order valence-corrected chi connectivity index (χ0v) is 12.4. The summed E-state index contributed by atoms with van der Waals surface area (Å²) in [5.74, 6) is 0.814. The summed E-state index contributed by atoms with van der Waals surface area (Å²) in [6.45, 7) is 4.31. The molecular weight excluding hydrogens is 254 g/mol. The molecule has 4 nitrogen and oxygen atoms in total. The molecule has 0 fully saturated rings. The van der Waals surface area contributed by atoms with Crippen molar-refractivity contribution in [3.63, 3.8) is 0 Å². The van der Waals surface area contributed by atoms with Crippen LogP contribution in [-0.2, 0) is 21.7 Å². The third-order valence-corrected chi connectivity index (χ3v) is 1.27. The smallest absolute Gasteiger partial charge is 0.496 e. The first-order valence-corrected chi connectivity index (χ1v) is 4.50. The summed E-state index contributed by atoms with van der Waals surface area (Å²) in [6.07, 6.45) is 0.773. The quantitative estimate of drug-likeness (QED) is 0.445. The molecule has 0 spiro atoms. The van der Waals surface area contributed by atoms with Gasteiger partial charge in [-0.1, -0.05) is 6.07 Å². The van der Waals surface area contributed by atoms with Crippen LogP contribution < -0.4 is 10.5 Å². The van der Waals surface area contributed by atoms with Crippen LogP contribution in [0.3, 0.4) is 0 Å². The van der Waals surface area contributed by atoms with E-state index in [9.17, 15) is 0 Å². The standard InChI is InChI=1S/C9H12NO.2CH4O.CH3.Ti/c1-2-6-11-9-5-3-4-8(10)7-9;2*1-2;;/h3-5,7H,1-2,6,10H2;2*2H,1H3;1H3;/q-1;;;-1;+2. The minimum Gasteiger partial charge on any atom is -0.496 e. The summed E-state index contributed by atoms with van der Waals surface area (Å²) in [5, 5.41) is 14.0. The summed E-state index contributed by atoms with van der Waals surface area (Å²) in [7, 11) is 2.00. The van der Waals surface area contributed by atoms with Gasteiger partial charge in [-0.2, -0.15) is 0 Å². The first-order chi connectivity index (χ1) is 7.33. The molecule has 0 saturated heterocycles. The van der Waals surface area contributed by atoms with Gasteiger partial charge in [0.25, 0.3) is 0 Å². The maximum Gasteiger partial charge on any atom is 2.00 e. The van der Waals surface area contributed by atoms with Crippen LogP contribution in [0.5, 0.6) is 5.75 Å². The summed E-state index contributed by atoms with van der Waals surface area (Å²) < 4.78 is 5.29. The molecule has 1 aromatic rings. The Balaban J connectivity index is -0.000000128. The van der Waals surface area contributed by atoms with E-state index in [-0.39, 0.29) is 29.1 Å². The summed E-state index contributed by atoms with van der Waals surface area (Å²) in [6, 6.07) is 7.38. The van der Waals surface area contributed by atoms with E-state index in [0.29, 0.717) is 6.61 Å². The molecule has 1 aromatic carbocycles. The monoisotopic (exact) mass is 277 g/mol. The fraction of sp³-hybridized carbons (Fsp3) is 0.333. The zero-order valence-electron chi connectivity index (χ0n) is 10.8. The molecule has 0 amide bonds. The molecule has 0 aliphatic rings. The Labute approximate surface area is 120 Å². The average molecular weight is 277 g/mol. The van der Waals surface area contributed by atoms with Crippen molar-refractivity contribution >= 4 is 5.69 Å². The fourth-order valence-electron chi connectivity index (χ4n) is 0.794. The average Bonchev–Trinajstić information content (AvgIpc) is 2.32. The summed E-state index contributed by atoms with van der Waals surface area (Å²) in [4.78, 5) is 0. The second-order valence-corrected chi connectivity index (χ2v) is 2.27. The molecular formula is C12H23NO3Ti. The third-order valence-electron chi connectivity index (χ3n) is 1.27. The first-order valence-electron chi connectivity index (χ1n) is 4.50. The Hall–Kier alpha value is -0.546. The van der Waals surface area contributed by atoms with Gasteiger partial charge < -0.3 is 35.0 Å². The van der Waals surface area contributed by atoms with Gasteiger partial charge in [0.15, 0.2) is 0 Å². The van der Waals surface area contributed by atoms with E-state index in [0.717, 1.165) is 32.1 Å². The number of hydrogen-bond acceptors (Lipinski definition) is 4. The Kier molecular flexibility index (Phi) is 31.0. The minimum atomic E-state index is 0. The number of aliphatic hydroxyl groups is 2. The van der Waals surface area contributed by atoms with Crippen molar-refractivity contribution in [2.24, 2.45) is 0 Å². The van der Waals surface area contributed by atoms with Gasteiger partial charge in [0.1, 0.15) is 5.75 Å². The third kappa shape index (κ3) is 15.5. The van der Waals surface area contributed by atoms with Crippen molar-refractivity contribution in [3.8, 4) is 5.75 Å². The van der Waals surface area contributed by atoms with Gasteiger partial charge in [0.05, 0.1) is 6.61 Å². The Bertz CT molecular complexity index is 235. The molecule has 0 heterocycles. The molecule has 0 unspecified atom stereocenters. The van der Waals surface area contributed by atoms with E-state index in [1.807, 2.05) is 18.2 Å². The van der Waals surface area contributed by atoms with Crippen LogP contribution in [0, 0.1) is 14.4 Å². The van der Waals surface area contributed by atoms with E-state index < -0.39 is 0 Å². The number of nitrogens with two attached hydrogens (primary N) is 1. The van der Waals surface area contributed by atoms with E-state index in [1.165, 1.54) is 0 Å². The molecule has 1 rings (SSSR count). The van der Waals surface area contributed by atoms with Crippen molar-refractivity contribution in [1.29, 1.82) is 0 Å². The molecule has 17 heavy (non-hydrogen) atoms. The van der Waals surface area contributed by atoms with E-state index in [1.54, 1.807) is 6.07 Å². The van der Waals surface area contributed by atoms with Crippen molar-refractivity contribution in [2.75, 3.05) is 26.6 Å². The number of hydrogen-bond donors (Lipinski definition) is 3. The molecule has 0 radical (unpaired) electrons. The van der Waals surface area contributed by atoms with Crippen LogP contribution in [0.25, 0.3) is 0 Å². The molecule has 0 aliphatic heterocycles. The number of rotatable bonds is 3. The number of anilines is 1. The molecule has 4 N–H and O–H groups in total. The molecule has 0 atom stereocenters. The Morgan fingerprint density at radius 2 is 1.76 bits per heavy atom. The molecule has 0 aromatic heterocycles. The second kappa shape index (κ2) is 20.8. The summed E-state index contributed by atoms with van der Waals surface area (Å²) >= 11 is 0. The predicted octanol–water partition coefficient (Wildman–Crippen LogP) is 1.54.